The van der Waals surface area contributed by atoms with Crippen LogP contribution in [0.3, 0.4) is 0 Å². The predicted octanol–water partition coefficient (Wildman–Crippen LogP) is 3.36. The van der Waals surface area contributed by atoms with E-state index in [1.54, 1.807) is 0 Å². The number of nitrogens with one attached hydrogen (secondary N) is 1. The second kappa shape index (κ2) is 7.18. The zero-order valence-electron chi connectivity index (χ0n) is 15.9. The first kappa shape index (κ1) is 17.8. The van der Waals surface area contributed by atoms with E-state index in [1.165, 1.54) is 31.7 Å². The average Bonchev–Trinajstić information content (AvgIpc) is 2.79. The van der Waals surface area contributed by atoms with Gasteiger partial charge in [0.1, 0.15) is 6.04 Å². The third kappa shape index (κ3) is 3.24. The van der Waals surface area contributed by atoms with Crippen LogP contribution in [0.1, 0.15) is 57.2 Å². The number of benzene rings is 1. The van der Waals surface area contributed by atoms with Crippen molar-refractivity contribution in [3.05, 3.63) is 46.4 Å². The van der Waals surface area contributed by atoms with E-state index in [9.17, 15) is 9.59 Å². The highest BCUT2D eigenvalue weighted by molar-refractivity contribution is 5.94. The Kier molecular flexibility index (Phi) is 4.72. The largest absolute Gasteiger partial charge is 0.352 e. The minimum absolute atomic E-state index is 0.0163. The SMILES string of the molecule is Cc1cc(=O)nc2c3ccccc3n(C(C)C(=O)NC3CCCCCC3)n12. The normalized spacial score (nSPS) is 17.1. The summed E-state index contributed by atoms with van der Waals surface area (Å²) in [6, 6.07) is 9.16. The fourth-order valence-corrected chi connectivity index (χ4v) is 4.25. The number of aryl methyl sites for hydroxylation is 1. The molecule has 2 heterocycles. The molecule has 27 heavy (non-hydrogen) atoms. The number of carbonyl (C=O) groups is 1. The van der Waals surface area contributed by atoms with Crippen LogP contribution < -0.4 is 10.9 Å². The first-order valence-electron chi connectivity index (χ1n) is 9.86. The fourth-order valence-electron chi connectivity index (χ4n) is 4.25. The molecule has 1 saturated carbocycles. The van der Waals surface area contributed by atoms with Gasteiger partial charge in [0.15, 0.2) is 5.65 Å². The van der Waals surface area contributed by atoms with E-state index in [4.69, 9.17) is 0 Å². The van der Waals surface area contributed by atoms with E-state index in [1.807, 2.05) is 47.3 Å². The lowest BCUT2D eigenvalue weighted by molar-refractivity contribution is -0.124. The second-order valence-electron chi connectivity index (χ2n) is 7.61. The van der Waals surface area contributed by atoms with Crippen LogP contribution in [-0.4, -0.2) is 26.1 Å². The van der Waals surface area contributed by atoms with Crippen LogP contribution >= 0.6 is 0 Å². The molecule has 0 saturated heterocycles. The first-order valence-corrected chi connectivity index (χ1v) is 9.86. The van der Waals surface area contributed by atoms with Gasteiger partial charge in [0.05, 0.1) is 5.52 Å². The van der Waals surface area contributed by atoms with E-state index >= 15 is 0 Å². The lowest BCUT2D eigenvalue weighted by Crippen LogP contribution is -2.39. The number of nitrogens with zero attached hydrogens (tertiary/aromatic N) is 3. The van der Waals surface area contributed by atoms with Gasteiger partial charge in [-0.05, 0) is 38.8 Å². The standard InChI is InChI=1S/C21H26N4O2/c1-14-13-19(26)23-20-17-11-7-8-12-18(17)25(24(14)20)15(2)21(27)22-16-9-5-3-4-6-10-16/h7-8,11-13,15-16H,3-6,9-10H2,1-2H3,(H,22,27). The van der Waals surface area contributed by atoms with Gasteiger partial charge in [-0.3, -0.25) is 14.3 Å². The highest BCUT2D eigenvalue weighted by atomic mass is 16.2. The summed E-state index contributed by atoms with van der Waals surface area (Å²) in [7, 11) is 0. The Bertz CT molecular complexity index is 1040. The quantitative estimate of drug-likeness (QED) is 0.723. The number of hydrogen-bond acceptors (Lipinski definition) is 3. The maximum atomic E-state index is 13.1. The monoisotopic (exact) mass is 366 g/mol. The van der Waals surface area contributed by atoms with Gasteiger partial charge in [-0.2, -0.15) is 4.98 Å². The molecular formula is C21H26N4O2. The molecule has 0 bridgehead atoms. The van der Waals surface area contributed by atoms with Gasteiger partial charge >= 0.3 is 0 Å². The summed E-state index contributed by atoms with van der Waals surface area (Å²) in [5.41, 5.74) is 2.02. The van der Waals surface area contributed by atoms with E-state index in [2.05, 4.69) is 10.3 Å². The number of para-hydroxylation sites is 1. The lowest BCUT2D eigenvalue weighted by Gasteiger charge is -2.22. The van der Waals surface area contributed by atoms with Crippen molar-refractivity contribution in [1.29, 1.82) is 0 Å². The molecular weight excluding hydrogens is 340 g/mol. The number of rotatable bonds is 3. The van der Waals surface area contributed by atoms with Crippen molar-refractivity contribution < 1.29 is 4.79 Å². The molecule has 0 spiro atoms. The molecule has 1 aliphatic carbocycles. The van der Waals surface area contributed by atoms with Gasteiger partial charge in [0.25, 0.3) is 5.56 Å². The van der Waals surface area contributed by atoms with E-state index in [0.717, 1.165) is 29.4 Å². The summed E-state index contributed by atoms with van der Waals surface area (Å²) < 4.78 is 3.85. The third-order valence-corrected chi connectivity index (χ3v) is 5.64. The van der Waals surface area contributed by atoms with Gasteiger partial charge in [-0.15, -0.1) is 0 Å². The smallest absolute Gasteiger partial charge is 0.273 e. The summed E-state index contributed by atoms with van der Waals surface area (Å²) >= 11 is 0. The molecule has 1 aliphatic rings. The van der Waals surface area contributed by atoms with Crippen molar-refractivity contribution >= 4 is 22.5 Å². The lowest BCUT2D eigenvalue weighted by atomic mass is 10.1. The molecule has 1 amide bonds. The molecule has 1 unspecified atom stereocenters. The molecule has 1 aromatic carbocycles. The maximum Gasteiger partial charge on any atom is 0.273 e. The Labute approximate surface area is 158 Å². The Morgan fingerprint density at radius 1 is 1.19 bits per heavy atom. The molecule has 0 radical (unpaired) electrons. The average molecular weight is 366 g/mol. The summed E-state index contributed by atoms with van der Waals surface area (Å²) in [6.07, 6.45) is 6.98. The number of aromatic nitrogens is 3. The van der Waals surface area contributed by atoms with Crippen molar-refractivity contribution in [2.24, 2.45) is 0 Å². The van der Waals surface area contributed by atoms with Crippen LogP contribution in [0.2, 0.25) is 0 Å². The molecule has 1 fully saturated rings. The summed E-state index contributed by atoms with van der Waals surface area (Å²) in [4.78, 5) is 29.2. The van der Waals surface area contributed by atoms with E-state index in [-0.39, 0.29) is 17.5 Å². The topological polar surface area (TPSA) is 68.4 Å². The Hall–Kier alpha value is -2.63. The summed E-state index contributed by atoms with van der Waals surface area (Å²) in [5, 5.41) is 4.13. The molecule has 3 aromatic rings. The molecule has 0 aliphatic heterocycles. The zero-order valence-corrected chi connectivity index (χ0v) is 15.9. The fraction of sp³-hybridized carbons (Fsp3) is 0.476. The van der Waals surface area contributed by atoms with Gasteiger partial charge in [-0.1, -0.05) is 37.8 Å². The second-order valence-corrected chi connectivity index (χ2v) is 7.61. The summed E-state index contributed by atoms with van der Waals surface area (Å²) in [5.74, 6) is 0.0163. The van der Waals surface area contributed by atoms with Crippen LogP contribution in [0.15, 0.2) is 35.1 Å². The Morgan fingerprint density at radius 2 is 1.89 bits per heavy atom. The maximum absolute atomic E-state index is 13.1. The van der Waals surface area contributed by atoms with Crippen LogP contribution in [-0.2, 0) is 4.79 Å². The van der Waals surface area contributed by atoms with Crippen molar-refractivity contribution in [2.45, 2.75) is 64.5 Å². The van der Waals surface area contributed by atoms with Crippen molar-refractivity contribution in [2.75, 3.05) is 0 Å². The molecule has 2 aromatic heterocycles. The van der Waals surface area contributed by atoms with Crippen molar-refractivity contribution in [1.82, 2.24) is 19.5 Å². The highest BCUT2D eigenvalue weighted by Gasteiger charge is 2.24. The van der Waals surface area contributed by atoms with Gasteiger partial charge in [0, 0.05) is 23.2 Å². The van der Waals surface area contributed by atoms with E-state index in [0.29, 0.717) is 5.65 Å². The minimum atomic E-state index is -0.404. The van der Waals surface area contributed by atoms with Gasteiger partial charge in [-0.25, -0.2) is 4.52 Å². The Morgan fingerprint density at radius 3 is 2.63 bits per heavy atom. The number of carbonyl (C=O) groups excluding carboxylic acids is 1. The van der Waals surface area contributed by atoms with Crippen molar-refractivity contribution in [3.8, 4) is 0 Å². The Balaban J connectivity index is 1.77. The zero-order chi connectivity index (χ0) is 19.0. The first-order chi connectivity index (χ1) is 13.1. The van der Waals surface area contributed by atoms with Gasteiger partial charge in [0.2, 0.25) is 5.91 Å². The number of hydrogen-bond donors (Lipinski definition) is 1. The predicted molar refractivity (Wildman–Crippen MR) is 106 cm³/mol. The molecule has 1 atom stereocenters. The third-order valence-electron chi connectivity index (χ3n) is 5.64. The number of fused-ring (bicyclic) bond motifs is 3. The molecule has 6 heteroatoms. The van der Waals surface area contributed by atoms with Crippen molar-refractivity contribution in [3.63, 3.8) is 0 Å². The summed E-state index contributed by atoms with van der Waals surface area (Å²) in [6.45, 7) is 3.79. The van der Waals surface area contributed by atoms with Crippen LogP contribution in [0.5, 0.6) is 0 Å². The minimum Gasteiger partial charge on any atom is -0.352 e. The van der Waals surface area contributed by atoms with Crippen LogP contribution in [0.25, 0.3) is 16.6 Å². The van der Waals surface area contributed by atoms with Crippen LogP contribution in [0, 0.1) is 6.92 Å². The van der Waals surface area contributed by atoms with Gasteiger partial charge < -0.3 is 5.32 Å². The molecule has 6 nitrogen and oxygen atoms in total. The van der Waals surface area contributed by atoms with E-state index < -0.39 is 6.04 Å². The molecule has 142 valence electrons. The van der Waals surface area contributed by atoms with Crippen LogP contribution in [0.4, 0.5) is 0 Å². The molecule has 1 N–H and O–H groups in total. The molecule has 4 rings (SSSR count). The highest BCUT2D eigenvalue weighted by Crippen LogP contribution is 2.25. The number of amides is 1.